The predicted molar refractivity (Wildman–Crippen MR) is 103 cm³/mol. The fourth-order valence-corrected chi connectivity index (χ4v) is 4.23. The zero-order chi connectivity index (χ0) is 16.8. The van der Waals surface area contributed by atoms with Crippen molar-refractivity contribution in [3.63, 3.8) is 0 Å². The number of nitrogens with zero attached hydrogens (tertiary/aromatic N) is 2. The van der Waals surface area contributed by atoms with Gasteiger partial charge in [-0.15, -0.1) is 22.6 Å². The highest BCUT2D eigenvalue weighted by Gasteiger charge is 2.27. The summed E-state index contributed by atoms with van der Waals surface area (Å²) in [5.41, 5.74) is 7.29. The van der Waals surface area contributed by atoms with Gasteiger partial charge in [-0.1, -0.05) is 53.4 Å². The van der Waals surface area contributed by atoms with Crippen molar-refractivity contribution >= 4 is 46.5 Å². The fourth-order valence-electron chi connectivity index (χ4n) is 2.52. The summed E-state index contributed by atoms with van der Waals surface area (Å²) in [5.74, 6) is 0.793. The number of benzene rings is 1. The molecule has 1 fully saturated rings. The standard InChI is InChI=1S/C16H20N4O2S2.ClH/c17-13(12-6-8-22-9-7-12)14(21)18-15-19-20-16(24-15)23-10-11-4-2-1-3-5-11;/h1-5,12-13H,6-10,17H2,(H,18,19,21);1H. The zero-order valence-electron chi connectivity index (χ0n) is 13.6. The Morgan fingerprint density at radius 3 is 2.76 bits per heavy atom. The van der Waals surface area contributed by atoms with Crippen molar-refractivity contribution in [2.45, 2.75) is 29.0 Å². The molecule has 136 valence electrons. The van der Waals surface area contributed by atoms with Gasteiger partial charge in [0.15, 0.2) is 4.34 Å². The number of anilines is 1. The maximum absolute atomic E-state index is 12.3. The molecule has 6 nitrogen and oxygen atoms in total. The number of nitrogens with one attached hydrogen (secondary N) is 1. The molecule has 1 unspecified atom stereocenters. The molecule has 9 heteroatoms. The van der Waals surface area contributed by atoms with Gasteiger partial charge in [-0.3, -0.25) is 10.1 Å². The Balaban J connectivity index is 0.00000225. The van der Waals surface area contributed by atoms with Crippen LogP contribution in [0.4, 0.5) is 5.13 Å². The molecular weight excluding hydrogens is 380 g/mol. The Bertz CT molecular complexity index is 665. The number of rotatable bonds is 6. The Morgan fingerprint density at radius 2 is 2.04 bits per heavy atom. The van der Waals surface area contributed by atoms with Gasteiger partial charge in [-0.25, -0.2) is 0 Å². The third kappa shape index (κ3) is 5.93. The predicted octanol–water partition coefficient (Wildman–Crippen LogP) is 2.94. The topological polar surface area (TPSA) is 90.1 Å². The van der Waals surface area contributed by atoms with Crippen molar-refractivity contribution in [1.82, 2.24) is 10.2 Å². The number of hydrogen-bond donors (Lipinski definition) is 2. The van der Waals surface area contributed by atoms with Crippen LogP contribution >= 0.6 is 35.5 Å². The lowest BCUT2D eigenvalue weighted by Crippen LogP contribution is -2.43. The second-order valence-corrected chi connectivity index (χ2v) is 7.81. The van der Waals surface area contributed by atoms with E-state index in [0.717, 1.165) is 22.9 Å². The van der Waals surface area contributed by atoms with E-state index in [2.05, 4.69) is 27.6 Å². The molecule has 1 amide bonds. The number of thioether (sulfide) groups is 1. The van der Waals surface area contributed by atoms with Crippen LogP contribution in [0.5, 0.6) is 0 Å². The van der Waals surface area contributed by atoms with Crippen LogP contribution in [-0.2, 0) is 15.3 Å². The summed E-state index contributed by atoms with van der Waals surface area (Å²) in [7, 11) is 0. The fraction of sp³-hybridized carbons (Fsp3) is 0.438. The number of halogens is 1. The first kappa shape index (κ1) is 20.1. The van der Waals surface area contributed by atoms with Gasteiger partial charge in [0.2, 0.25) is 11.0 Å². The van der Waals surface area contributed by atoms with Gasteiger partial charge in [0.1, 0.15) is 0 Å². The third-order valence-corrected chi connectivity index (χ3v) is 5.96. The molecule has 3 N–H and O–H groups in total. The van der Waals surface area contributed by atoms with E-state index in [1.165, 1.54) is 16.9 Å². The zero-order valence-corrected chi connectivity index (χ0v) is 16.0. The second kappa shape index (κ2) is 10.1. The normalized spacial score (nSPS) is 16.0. The smallest absolute Gasteiger partial charge is 0.243 e. The molecule has 1 aliphatic heterocycles. The molecule has 1 aliphatic rings. The van der Waals surface area contributed by atoms with Crippen molar-refractivity contribution < 1.29 is 9.53 Å². The monoisotopic (exact) mass is 400 g/mol. The molecule has 0 saturated carbocycles. The Kier molecular flexibility index (Phi) is 8.11. The Morgan fingerprint density at radius 1 is 1.32 bits per heavy atom. The number of aromatic nitrogens is 2. The highest BCUT2D eigenvalue weighted by Crippen LogP contribution is 2.28. The molecule has 25 heavy (non-hydrogen) atoms. The molecular formula is C16H21ClN4O2S2. The molecule has 2 heterocycles. The molecule has 0 aliphatic carbocycles. The van der Waals surface area contributed by atoms with E-state index in [0.29, 0.717) is 18.3 Å². The van der Waals surface area contributed by atoms with Crippen molar-refractivity contribution in [3.8, 4) is 0 Å². The SMILES string of the molecule is Cl.NC(C(=O)Nc1nnc(SCc2ccccc2)s1)C1CCOCC1. The van der Waals surface area contributed by atoms with Crippen LogP contribution in [0.15, 0.2) is 34.7 Å². The molecule has 1 saturated heterocycles. The van der Waals surface area contributed by atoms with E-state index >= 15 is 0 Å². The van der Waals surface area contributed by atoms with Gasteiger partial charge in [-0.2, -0.15) is 0 Å². The lowest BCUT2D eigenvalue weighted by atomic mass is 9.92. The molecule has 1 atom stereocenters. The number of carbonyl (C=O) groups excluding carboxylic acids is 1. The molecule has 1 aromatic carbocycles. The molecule has 1 aromatic heterocycles. The largest absolute Gasteiger partial charge is 0.381 e. The lowest BCUT2D eigenvalue weighted by molar-refractivity contribution is -0.119. The van der Waals surface area contributed by atoms with E-state index in [9.17, 15) is 4.79 Å². The summed E-state index contributed by atoms with van der Waals surface area (Å²) in [6.45, 7) is 1.34. The summed E-state index contributed by atoms with van der Waals surface area (Å²) < 4.78 is 6.13. The number of nitrogens with two attached hydrogens (primary N) is 1. The highest BCUT2D eigenvalue weighted by molar-refractivity contribution is 8.00. The summed E-state index contributed by atoms with van der Waals surface area (Å²) in [4.78, 5) is 12.3. The maximum Gasteiger partial charge on any atom is 0.243 e. The lowest BCUT2D eigenvalue weighted by Gasteiger charge is -2.26. The van der Waals surface area contributed by atoms with Crippen LogP contribution in [-0.4, -0.2) is 35.4 Å². The van der Waals surface area contributed by atoms with Gasteiger partial charge < -0.3 is 10.5 Å². The van der Waals surface area contributed by atoms with Gasteiger partial charge in [-0.05, 0) is 24.3 Å². The van der Waals surface area contributed by atoms with Crippen molar-refractivity contribution in [1.29, 1.82) is 0 Å². The van der Waals surface area contributed by atoms with Crippen LogP contribution in [0.3, 0.4) is 0 Å². The Labute approximate surface area is 161 Å². The average molecular weight is 401 g/mol. The second-order valence-electron chi connectivity index (χ2n) is 5.61. The molecule has 2 aromatic rings. The van der Waals surface area contributed by atoms with Crippen molar-refractivity contribution in [2.75, 3.05) is 18.5 Å². The quantitative estimate of drug-likeness (QED) is 0.572. The first-order valence-electron chi connectivity index (χ1n) is 7.87. The van der Waals surface area contributed by atoms with E-state index in [-0.39, 0.29) is 24.2 Å². The van der Waals surface area contributed by atoms with E-state index in [4.69, 9.17) is 10.5 Å². The Hall–Kier alpha value is -1.19. The van der Waals surface area contributed by atoms with Crippen LogP contribution in [0.2, 0.25) is 0 Å². The number of ether oxygens (including phenoxy) is 1. The first-order chi connectivity index (χ1) is 11.7. The van der Waals surface area contributed by atoms with Crippen molar-refractivity contribution in [2.24, 2.45) is 11.7 Å². The van der Waals surface area contributed by atoms with Gasteiger partial charge >= 0.3 is 0 Å². The maximum atomic E-state index is 12.3. The van der Waals surface area contributed by atoms with Gasteiger partial charge in [0, 0.05) is 19.0 Å². The number of hydrogen-bond acceptors (Lipinski definition) is 7. The van der Waals surface area contributed by atoms with E-state index in [1.54, 1.807) is 11.8 Å². The minimum atomic E-state index is -0.529. The highest BCUT2D eigenvalue weighted by atomic mass is 35.5. The van der Waals surface area contributed by atoms with Crippen LogP contribution in [0.1, 0.15) is 18.4 Å². The number of amides is 1. The van der Waals surface area contributed by atoms with Gasteiger partial charge in [0.25, 0.3) is 0 Å². The summed E-state index contributed by atoms with van der Waals surface area (Å²) in [6.07, 6.45) is 1.64. The third-order valence-electron chi connectivity index (χ3n) is 3.92. The molecule has 0 radical (unpaired) electrons. The summed E-state index contributed by atoms with van der Waals surface area (Å²) in [6, 6.07) is 9.64. The van der Waals surface area contributed by atoms with Crippen LogP contribution < -0.4 is 11.1 Å². The number of carbonyl (C=O) groups is 1. The molecule has 3 rings (SSSR count). The van der Waals surface area contributed by atoms with E-state index in [1.807, 2.05) is 18.2 Å². The van der Waals surface area contributed by atoms with E-state index < -0.39 is 6.04 Å². The average Bonchev–Trinajstić information content (AvgIpc) is 3.08. The summed E-state index contributed by atoms with van der Waals surface area (Å²) >= 11 is 2.98. The molecule has 0 spiro atoms. The molecule has 0 bridgehead atoms. The minimum Gasteiger partial charge on any atom is -0.381 e. The first-order valence-corrected chi connectivity index (χ1v) is 9.67. The minimum absolute atomic E-state index is 0. The van der Waals surface area contributed by atoms with Crippen LogP contribution in [0.25, 0.3) is 0 Å². The van der Waals surface area contributed by atoms with Crippen LogP contribution in [0, 0.1) is 5.92 Å². The summed E-state index contributed by atoms with van der Waals surface area (Å²) in [5, 5.41) is 11.4. The van der Waals surface area contributed by atoms with Crippen molar-refractivity contribution in [3.05, 3.63) is 35.9 Å². The van der Waals surface area contributed by atoms with Gasteiger partial charge in [0.05, 0.1) is 6.04 Å².